The van der Waals surface area contributed by atoms with Crippen LogP contribution >= 0.6 is 0 Å². The first-order chi connectivity index (χ1) is 11.1. The number of rotatable bonds is 9. The highest BCUT2D eigenvalue weighted by atomic mass is 16.4. The fourth-order valence-electron chi connectivity index (χ4n) is 2.50. The van der Waals surface area contributed by atoms with Crippen molar-refractivity contribution in [1.82, 2.24) is 10.6 Å². The second-order valence-corrected chi connectivity index (χ2v) is 5.67. The molecular formula is C14H21N3O7. The normalized spacial score (nSPS) is 22.6. The molecule has 4 unspecified atom stereocenters. The van der Waals surface area contributed by atoms with Crippen LogP contribution in [0.1, 0.15) is 26.2 Å². The van der Waals surface area contributed by atoms with Gasteiger partial charge in [-0.15, -0.1) is 0 Å². The third-order valence-corrected chi connectivity index (χ3v) is 3.83. The average Bonchev–Trinajstić information content (AvgIpc) is 2.49. The van der Waals surface area contributed by atoms with Crippen molar-refractivity contribution >= 4 is 23.8 Å². The standard InChI is InChI=1S/C14H21N3O7/c1-6(16-8(12(19)20)2-3-11(15)18)7-4-9(13(21)22)17-10(5-7)14(23)24/h4,6-8,10,16-17H,2-3,5H2,1H3,(H2,15,18)(H,19,20)(H,21,22)(H,23,24). The minimum atomic E-state index is -1.29. The van der Waals surface area contributed by atoms with Crippen LogP contribution in [0, 0.1) is 5.92 Å². The lowest BCUT2D eigenvalue weighted by molar-refractivity contribution is -0.142. The number of aliphatic carboxylic acids is 3. The molecule has 0 aliphatic carbocycles. The van der Waals surface area contributed by atoms with E-state index in [1.165, 1.54) is 6.08 Å². The van der Waals surface area contributed by atoms with Crippen LogP contribution in [0.25, 0.3) is 0 Å². The van der Waals surface area contributed by atoms with Crippen molar-refractivity contribution in [3.8, 4) is 0 Å². The molecule has 4 atom stereocenters. The first-order valence-corrected chi connectivity index (χ1v) is 7.33. The number of carbonyl (C=O) groups excluding carboxylic acids is 1. The molecule has 1 heterocycles. The summed E-state index contributed by atoms with van der Waals surface area (Å²) in [4.78, 5) is 44.3. The van der Waals surface area contributed by atoms with E-state index in [1.807, 2.05) is 0 Å². The Morgan fingerprint density at radius 2 is 1.96 bits per heavy atom. The Morgan fingerprint density at radius 3 is 2.42 bits per heavy atom. The summed E-state index contributed by atoms with van der Waals surface area (Å²) in [5.41, 5.74) is 4.77. The summed E-state index contributed by atoms with van der Waals surface area (Å²) < 4.78 is 0. The quantitative estimate of drug-likeness (QED) is 0.297. The highest BCUT2D eigenvalue weighted by Gasteiger charge is 2.33. The number of hydrogen-bond donors (Lipinski definition) is 6. The smallest absolute Gasteiger partial charge is 0.351 e. The maximum Gasteiger partial charge on any atom is 0.351 e. The Balaban J connectivity index is 2.85. The molecule has 0 fully saturated rings. The molecular weight excluding hydrogens is 322 g/mol. The molecule has 0 spiro atoms. The molecule has 1 aliphatic rings. The van der Waals surface area contributed by atoms with Crippen molar-refractivity contribution in [1.29, 1.82) is 0 Å². The second kappa shape index (κ2) is 8.29. The molecule has 1 amide bonds. The molecule has 7 N–H and O–H groups in total. The van der Waals surface area contributed by atoms with Crippen molar-refractivity contribution in [2.75, 3.05) is 0 Å². The SMILES string of the molecule is CC(NC(CCC(N)=O)C(=O)O)C1C=C(C(=O)O)NC(C(=O)O)C1. The van der Waals surface area contributed by atoms with Crippen LogP contribution in [0.2, 0.25) is 0 Å². The van der Waals surface area contributed by atoms with Gasteiger partial charge >= 0.3 is 17.9 Å². The topological polar surface area (TPSA) is 179 Å². The second-order valence-electron chi connectivity index (χ2n) is 5.67. The summed E-state index contributed by atoms with van der Waals surface area (Å²) in [7, 11) is 0. The number of nitrogens with two attached hydrogens (primary N) is 1. The number of amides is 1. The molecule has 0 aromatic rings. The van der Waals surface area contributed by atoms with Crippen molar-refractivity contribution in [3.05, 3.63) is 11.8 Å². The Morgan fingerprint density at radius 1 is 1.33 bits per heavy atom. The lowest BCUT2D eigenvalue weighted by atomic mass is 9.88. The Hall–Kier alpha value is -2.62. The van der Waals surface area contributed by atoms with Gasteiger partial charge in [0.05, 0.1) is 0 Å². The van der Waals surface area contributed by atoms with E-state index in [9.17, 15) is 24.3 Å². The summed E-state index contributed by atoms with van der Waals surface area (Å²) in [5, 5.41) is 32.6. The van der Waals surface area contributed by atoms with Gasteiger partial charge in [-0.3, -0.25) is 9.59 Å². The highest BCUT2D eigenvalue weighted by Crippen LogP contribution is 2.22. The van der Waals surface area contributed by atoms with Gasteiger partial charge in [0, 0.05) is 12.5 Å². The van der Waals surface area contributed by atoms with Gasteiger partial charge in [0.1, 0.15) is 17.8 Å². The van der Waals surface area contributed by atoms with Gasteiger partial charge in [-0.2, -0.15) is 0 Å². The van der Waals surface area contributed by atoms with Crippen molar-refractivity contribution in [2.24, 2.45) is 11.7 Å². The van der Waals surface area contributed by atoms with Crippen molar-refractivity contribution in [2.45, 2.75) is 44.3 Å². The van der Waals surface area contributed by atoms with E-state index in [-0.39, 0.29) is 25.0 Å². The number of carboxylic acid groups (broad SMARTS) is 3. The molecule has 0 saturated carbocycles. The van der Waals surface area contributed by atoms with E-state index in [2.05, 4.69) is 10.6 Å². The van der Waals surface area contributed by atoms with Crippen LogP contribution in [0.4, 0.5) is 0 Å². The van der Waals surface area contributed by atoms with Crippen LogP contribution in [0.15, 0.2) is 11.8 Å². The number of carbonyl (C=O) groups is 4. The Bertz CT molecular complexity index is 561. The van der Waals surface area contributed by atoms with E-state index in [0.29, 0.717) is 0 Å². The molecule has 134 valence electrons. The molecule has 0 bridgehead atoms. The number of nitrogens with one attached hydrogen (secondary N) is 2. The van der Waals surface area contributed by atoms with Gasteiger partial charge in [0.15, 0.2) is 0 Å². The maximum atomic E-state index is 11.2. The van der Waals surface area contributed by atoms with E-state index in [1.54, 1.807) is 6.92 Å². The first-order valence-electron chi connectivity index (χ1n) is 7.33. The zero-order chi connectivity index (χ0) is 18.4. The maximum absolute atomic E-state index is 11.2. The molecule has 1 rings (SSSR count). The summed E-state index contributed by atoms with van der Waals surface area (Å²) in [6, 6.07) is -2.64. The van der Waals surface area contributed by atoms with Gasteiger partial charge < -0.3 is 31.7 Å². The number of hydrogen-bond acceptors (Lipinski definition) is 6. The Kier molecular flexibility index (Phi) is 6.71. The van der Waals surface area contributed by atoms with Crippen molar-refractivity contribution < 1.29 is 34.5 Å². The van der Waals surface area contributed by atoms with E-state index < -0.39 is 47.9 Å². The minimum absolute atomic E-state index is 0.0160. The predicted molar refractivity (Wildman–Crippen MR) is 80.8 cm³/mol. The lowest BCUT2D eigenvalue weighted by Gasteiger charge is -2.32. The fraction of sp³-hybridized carbons (Fsp3) is 0.571. The summed E-state index contributed by atoms with van der Waals surface area (Å²) in [6.45, 7) is 1.63. The van der Waals surface area contributed by atoms with Gasteiger partial charge in [0.25, 0.3) is 0 Å². The monoisotopic (exact) mass is 343 g/mol. The largest absolute Gasteiger partial charge is 0.480 e. The van der Waals surface area contributed by atoms with Crippen LogP contribution < -0.4 is 16.4 Å². The zero-order valence-electron chi connectivity index (χ0n) is 13.1. The van der Waals surface area contributed by atoms with Gasteiger partial charge in [-0.05, 0) is 31.8 Å². The lowest BCUT2D eigenvalue weighted by Crippen LogP contribution is -2.50. The molecule has 1 aliphatic heterocycles. The van der Waals surface area contributed by atoms with Crippen LogP contribution in [0.5, 0.6) is 0 Å². The molecule has 24 heavy (non-hydrogen) atoms. The summed E-state index contributed by atoms with van der Waals surface area (Å²) in [6.07, 6.45) is 1.34. The molecule has 10 nitrogen and oxygen atoms in total. The molecule has 0 radical (unpaired) electrons. The van der Waals surface area contributed by atoms with Gasteiger partial charge in [-0.1, -0.05) is 0 Å². The van der Waals surface area contributed by atoms with Crippen LogP contribution in [-0.4, -0.2) is 57.3 Å². The zero-order valence-corrected chi connectivity index (χ0v) is 13.1. The van der Waals surface area contributed by atoms with E-state index >= 15 is 0 Å². The Labute approximate surface area is 137 Å². The molecule has 0 saturated heterocycles. The minimum Gasteiger partial charge on any atom is -0.480 e. The molecule has 0 aromatic heterocycles. The third kappa shape index (κ3) is 5.54. The van der Waals surface area contributed by atoms with Crippen molar-refractivity contribution in [3.63, 3.8) is 0 Å². The van der Waals surface area contributed by atoms with Gasteiger partial charge in [-0.25, -0.2) is 9.59 Å². The highest BCUT2D eigenvalue weighted by molar-refractivity contribution is 5.88. The third-order valence-electron chi connectivity index (χ3n) is 3.83. The van der Waals surface area contributed by atoms with E-state index in [4.69, 9.17) is 15.9 Å². The molecule has 10 heteroatoms. The van der Waals surface area contributed by atoms with Gasteiger partial charge in [0.2, 0.25) is 5.91 Å². The first kappa shape index (κ1) is 19.4. The number of primary amides is 1. The van der Waals surface area contributed by atoms with E-state index in [0.717, 1.165) is 0 Å². The summed E-state index contributed by atoms with van der Waals surface area (Å²) >= 11 is 0. The summed E-state index contributed by atoms with van der Waals surface area (Å²) in [5.74, 6) is -4.79. The van der Waals surface area contributed by atoms with Crippen LogP contribution in [0.3, 0.4) is 0 Å². The number of carboxylic acids is 3. The fourth-order valence-corrected chi connectivity index (χ4v) is 2.50. The van der Waals surface area contributed by atoms with Crippen LogP contribution in [-0.2, 0) is 19.2 Å². The predicted octanol–water partition coefficient (Wildman–Crippen LogP) is -1.29. The average molecular weight is 343 g/mol. The molecule has 0 aromatic carbocycles.